The van der Waals surface area contributed by atoms with E-state index in [0.717, 1.165) is 5.69 Å². The molecule has 1 heterocycles. The third kappa shape index (κ3) is 3.87. The number of rotatable bonds is 5. The molecule has 0 unspecified atom stereocenters. The lowest BCUT2D eigenvalue weighted by Crippen LogP contribution is -2.11. The fourth-order valence-electron chi connectivity index (χ4n) is 1.94. The molecule has 3 rings (SSSR count). The monoisotopic (exact) mass is 326 g/mol. The zero-order chi connectivity index (χ0) is 16.1. The van der Waals surface area contributed by atoms with Crippen LogP contribution < -0.4 is 10.1 Å². The quantitative estimate of drug-likeness (QED) is 0.702. The number of hydrogen-bond donors (Lipinski definition) is 2. The number of thiazole rings is 1. The van der Waals surface area contributed by atoms with Crippen molar-refractivity contribution in [1.82, 2.24) is 4.98 Å². The average molecular weight is 326 g/mol. The van der Waals surface area contributed by atoms with E-state index in [1.165, 1.54) is 17.4 Å². The van der Waals surface area contributed by atoms with Gasteiger partial charge in [-0.1, -0.05) is 12.1 Å². The van der Waals surface area contributed by atoms with Crippen molar-refractivity contribution in [1.29, 1.82) is 0 Å². The van der Waals surface area contributed by atoms with E-state index in [0.29, 0.717) is 23.6 Å². The van der Waals surface area contributed by atoms with Gasteiger partial charge in [0.15, 0.2) is 0 Å². The number of benzene rings is 2. The molecule has 0 saturated heterocycles. The summed E-state index contributed by atoms with van der Waals surface area (Å²) in [5, 5.41) is 14.3. The molecule has 0 atom stereocenters. The van der Waals surface area contributed by atoms with Crippen molar-refractivity contribution < 1.29 is 14.6 Å². The molecule has 0 aliphatic carbocycles. The van der Waals surface area contributed by atoms with Crippen LogP contribution in [0.2, 0.25) is 0 Å². The third-order valence-corrected chi connectivity index (χ3v) is 3.77. The van der Waals surface area contributed by atoms with Gasteiger partial charge in [-0.15, -0.1) is 11.3 Å². The molecule has 0 fully saturated rings. The maximum absolute atomic E-state index is 12.2. The van der Waals surface area contributed by atoms with Crippen LogP contribution in [0.1, 0.15) is 16.1 Å². The van der Waals surface area contributed by atoms with Crippen LogP contribution in [0.25, 0.3) is 0 Å². The minimum absolute atomic E-state index is 0.0315. The molecule has 2 aromatic carbocycles. The first-order valence-electron chi connectivity index (χ1n) is 6.91. The van der Waals surface area contributed by atoms with Gasteiger partial charge in [0.05, 0.1) is 16.9 Å². The number of hydrogen-bond acceptors (Lipinski definition) is 5. The van der Waals surface area contributed by atoms with Crippen LogP contribution in [0, 0.1) is 0 Å². The van der Waals surface area contributed by atoms with Crippen LogP contribution >= 0.6 is 11.3 Å². The highest BCUT2D eigenvalue weighted by atomic mass is 32.1. The molecule has 0 aliphatic rings. The van der Waals surface area contributed by atoms with E-state index in [4.69, 9.17) is 4.74 Å². The smallest absolute Gasteiger partial charge is 0.255 e. The van der Waals surface area contributed by atoms with Crippen molar-refractivity contribution in [2.75, 3.05) is 5.32 Å². The molecule has 3 aromatic rings. The van der Waals surface area contributed by atoms with Crippen LogP contribution in [0.5, 0.6) is 11.5 Å². The van der Waals surface area contributed by atoms with Crippen LogP contribution in [0.3, 0.4) is 0 Å². The summed E-state index contributed by atoms with van der Waals surface area (Å²) in [5.41, 5.74) is 3.48. The molecule has 0 aliphatic heterocycles. The Morgan fingerprint density at radius 2 is 1.96 bits per heavy atom. The number of amides is 1. The summed E-state index contributed by atoms with van der Waals surface area (Å²) in [6, 6.07) is 13.4. The standard InChI is InChI=1S/C17H14N2O3S/c20-16-4-2-1-3-15(16)19-17(21)12-5-7-14(8-6-12)22-9-13-10-23-11-18-13/h1-8,10-11,20H,9H2,(H,19,21). The minimum atomic E-state index is -0.294. The molecule has 116 valence electrons. The van der Waals surface area contributed by atoms with Gasteiger partial charge in [-0.25, -0.2) is 4.98 Å². The number of ether oxygens (including phenoxy) is 1. The zero-order valence-corrected chi connectivity index (χ0v) is 12.9. The van der Waals surface area contributed by atoms with Crippen LogP contribution in [0.4, 0.5) is 5.69 Å². The van der Waals surface area contributed by atoms with E-state index < -0.39 is 0 Å². The second-order valence-electron chi connectivity index (χ2n) is 4.76. The van der Waals surface area contributed by atoms with Gasteiger partial charge in [-0.05, 0) is 36.4 Å². The molecular formula is C17H14N2O3S. The first kappa shape index (κ1) is 15.1. The first-order chi connectivity index (χ1) is 11.2. The summed E-state index contributed by atoms with van der Waals surface area (Å²) in [4.78, 5) is 16.3. The Bertz CT molecular complexity index is 786. The highest BCUT2D eigenvalue weighted by Gasteiger charge is 2.08. The molecule has 0 spiro atoms. The molecule has 2 N–H and O–H groups in total. The Labute approximate surface area is 137 Å². The largest absolute Gasteiger partial charge is 0.506 e. The van der Waals surface area contributed by atoms with Gasteiger partial charge in [0.1, 0.15) is 18.1 Å². The number of nitrogens with zero attached hydrogens (tertiary/aromatic N) is 1. The van der Waals surface area contributed by atoms with E-state index in [1.807, 2.05) is 5.38 Å². The SMILES string of the molecule is O=C(Nc1ccccc1O)c1ccc(OCc2cscn2)cc1. The maximum Gasteiger partial charge on any atom is 0.255 e. The summed E-state index contributed by atoms with van der Waals surface area (Å²) in [7, 11) is 0. The van der Waals surface area contributed by atoms with E-state index in [2.05, 4.69) is 10.3 Å². The van der Waals surface area contributed by atoms with Gasteiger partial charge in [0.2, 0.25) is 0 Å². The Balaban J connectivity index is 1.62. The lowest BCUT2D eigenvalue weighted by Gasteiger charge is -2.08. The minimum Gasteiger partial charge on any atom is -0.506 e. The number of phenols is 1. The van der Waals surface area contributed by atoms with Crippen molar-refractivity contribution in [3.8, 4) is 11.5 Å². The van der Waals surface area contributed by atoms with Gasteiger partial charge in [-0.3, -0.25) is 4.79 Å². The van der Waals surface area contributed by atoms with Crippen molar-refractivity contribution in [2.45, 2.75) is 6.61 Å². The van der Waals surface area contributed by atoms with Crippen molar-refractivity contribution in [2.24, 2.45) is 0 Å². The molecule has 0 radical (unpaired) electrons. The molecule has 23 heavy (non-hydrogen) atoms. The number of carbonyl (C=O) groups excluding carboxylic acids is 1. The van der Waals surface area contributed by atoms with Gasteiger partial charge in [-0.2, -0.15) is 0 Å². The number of anilines is 1. The third-order valence-electron chi connectivity index (χ3n) is 3.14. The molecule has 0 saturated carbocycles. The molecular weight excluding hydrogens is 312 g/mol. The highest BCUT2D eigenvalue weighted by Crippen LogP contribution is 2.22. The normalized spacial score (nSPS) is 10.3. The van der Waals surface area contributed by atoms with E-state index >= 15 is 0 Å². The summed E-state index contributed by atoms with van der Waals surface area (Å²) in [6.45, 7) is 0.396. The Kier molecular flexibility index (Phi) is 4.54. The Morgan fingerprint density at radius 1 is 1.17 bits per heavy atom. The summed E-state index contributed by atoms with van der Waals surface area (Å²) in [5.74, 6) is 0.402. The fraction of sp³-hybridized carbons (Fsp3) is 0.0588. The maximum atomic E-state index is 12.2. The van der Waals surface area contributed by atoms with Crippen molar-refractivity contribution >= 4 is 22.9 Å². The number of nitrogens with one attached hydrogen (secondary N) is 1. The molecule has 6 heteroatoms. The second-order valence-corrected chi connectivity index (χ2v) is 5.48. The van der Waals surface area contributed by atoms with E-state index in [-0.39, 0.29) is 11.7 Å². The number of para-hydroxylation sites is 2. The lowest BCUT2D eigenvalue weighted by atomic mass is 10.2. The zero-order valence-electron chi connectivity index (χ0n) is 12.1. The Hall–Kier alpha value is -2.86. The fourth-order valence-corrected chi connectivity index (χ4v) is 2.49. The number of aromatic hydroxyl groups is 1. The Morgan fingerprint density at radius 3 is 2.65 bits per heavy atom. The van der Waals surface area contributed by atoms with Gasteiger partial charge < -0.3 is 15.2 Å². The van der Waals surface area contributed by atoms with E-state index in [9.17, 15) is 9.90 Å². The number of carbonyl (C=O) groups is 1. The highest BCUT2D eigenvalue weighted by molar-refractivity contribution is 7.07. The van der Waals surface area contributed by atoms with E-state index in [1.54, 1.807) is 48.0 Å². The molecule has 0 bridgehead atoms. The molecule has 5 nitrogen and oxygen atoms in total. The topological polar surface area (TPSA) is 71.5 Å². The molecule has 1 aromatic heterocycles. The van der Waals surface area contributed by atoms with Gasteiger partial charge in [0, 0.05) is 10.9 Å². The van der Waals surface area contributed by atoms with Crippen LogP contribution in [-0.2, 0) is 6.61 Å². The van der Waals surface area contributed by atoms with Crippen molar-refractivity contribution in [3.05, 3.63) is 70.7 Å². The lowest BCUT2D eigenvalue weighted by molar-refractivity contribution is 0.102. The van der Waals surface area contributed by atoms with Gasteiger partial charge >= 0.3 is 0 Å². The van der Waals surface area contributed by atoms with Crippen molar-refractivity contribution in [3.63, 3.8) is 0 Å². The second kappa shape index (κ2) is 6.93. The first-order valence-corrected chi connectivity index (χ1v) is 7.86. The van der Waals surface area contributed by atoms with Crippen LogP contribution in [-0.4, -0.2) is 16.0 Å². The molecule has 1 amide bonds. The summed E-state index contributed by atoms with van der Waals surface area (Å²) >= 11 is 1.52. The predicted molar refractivity (Wildman–Crippen MR) is 88.9 cm³/mol. The number of aromatic nitrogens is 1. The summed E-state index contributed by atoms with van der Waals surface area (Å²) in [6.07, 6.45) is 0. The number of phenolic OH excluding ortho intramolecular Hbond substituents is 1. The predicted octanol–water partition coefficient (Wildman–Crippen LogP) is 3.68. The summed E-state index contributed by atoms with van der Waals surface area (Å²) < 4.78 is 5.59. The average Bonchev–Trinajstić information content (AvgIpc) is 3.09. The van der Waals surface area contributed by atoms with Crippen LogP contribution in [0.15, 0.2) is 59.4 Å². The van der Waals surface area contributed by atoms with Gasteiger partial charge in [0.25, 0.3) is 5.91 Å².